The molecule has 12 heteroatoms. The molecule has 0 spiro atoms. The number of aromatic nitrogens is 2. The summed E-state index contributed by atoms with van der Waals surface area (Å²) >= 11 is 0. The number of amides is 1. The summed E-state index contributed by atoms with van der Waals surface area (Å²) < 4.78 is 31.6. The Morgan fingerprint density at radius 1 is 0.923 bits per heavy atom. The Morgan fingerprint density at radius 3 is 2.21 bits per heavy atom. The van der Waals surface area contributed by atoms with E-state index >= 15 is 0 Å². The van der Waals surface area contributed by atoms with Gasteiger partial charge in [-0.05, 0) is 44.1 Å². The number of rotatable bonds is 10. The molecule has 1 N–H and O–H groups in total. The van der Waals surface area contributed by atoms with Crippen LogP contribution in [0.25, 0.3) is 11.4 Å². The number of hydrogen-bond donors (Lipinski definition) is 1. The molecule has 2 heterocycles. The van der Waals surface area contributed by atoms with Crippen molar-refractivity contribution < 1.29 is 37.8 Å². The number of carbonyl (C=O) groups is 2. The molecule has 39 heavy (non-hydrogen) atoms. The van der Waals surface area contributed by atoms with Gasteiger partial charge in [0.05, 0.1) is 53.3 Å². The van der Waals surface area contributed by atoms with Crippen LogP contribution in [0.1, 0.15) is 29.1 Å². The zero-order chi connectivity index (χ0) is 27.9. The number of methoxy groups -OCH3 is 5. The number of likely N-dealkylation sites (tertiary alicyclic amines) is 1. The lowest BCUT2D eigenvalue weighted by Crippen LogP contribution is -2.38. The second-order valence-corrected chi connectivity index (χ2v) is 8.87. The van der Waals surface area contributed by atoms with E-state index in [1.807, 2.05) is 6.07 Å². The number of esters is 1. The van der Waals surface area contributed by atoms with Crippen molar-refractivity contribution in [3.63, 3.8) is 0 Å². The van der Waals surface area contributed by atoms with Crippen LogP contribution >= 0.6 is 0 Å². The molecule has 2 aromatic carbocycles. The average Bonchev–Trinajstić information content (AvgIpc) is 3.44. The number of nitrogens with zero attached hydrogens (tertiary/aromatic N) is 3. The summed E-state index contributed by atoms with van der Waals surface area (Å²) in [6.45, 7) is 1.81. The van der Waals surface area contributed by atoms with Crippen molar-refractivity contribution in [2.45, 2.75) is 19.4 Å². The van der Waals surface area contributed by atoms with Crippen molar-refractivity contribution in [1.29, 1.82) is 0 Å². The van der Waals surface area contributed by atoms with E-state index < -0.39 is 5.97 Å². The monoisotopic (exact) mass is 540 g/mol. The summed E-state index contributed by atoms with van der Waals surface area (Å²) in [4.78, 5) is 32.1. The van der Waals surface area contributed by atoms with Gasteiger partial charge in [-0.25, -0.2) is 4.79 Å². The molecule has 1 aromatic heterocycles. The Balaban J connectivity index is 1.36. The largest absolute Gasteiger partial charge is 0.493 e. The van der Waals surface area contributed by atoms with Crippen molar-refractivity contribution >= 4 is 17.6 Å². The SMILES string of the molecule is COC(=O)c1cc(OC)c(OC)cc1NC(=O)C1CCN(Cc2nc(-c3ccc(OC)c(OC)c3)no2)CC1. The zero-order valence-corrected chi connectivity index (χ0v) is 22.6. The first kappa shape index (κ1) is 27.7. The van der Waals surface area contributed by atoms with Crippen LogP contribution in [-0.2, 0) is 16.1 Å². The minimum Gasteiger partial charge on any atom is -0.493 e. The molecular formula is C27H32N4O8. The van der Waals surface area contributed by atoms with Crippen molar-refractivity contribution in [3.8, 4) is 34.4 Å². The van der Waals surface area contributed by atoms with E-state index in [1.165, 1.54) is 27.4 Å². The first-order valence-electron chi connectivity index (χ1n) is 12.3. The molecule has 1 aliphatic rings. The minimum absolute atomic E-state index is 0.180. The lowest BCUT2D eigenvalue weighted by Gasteiger charge is -2.30. The van der Waals surface area contributed by atoms with Gasteiger partial charge in [0.1, 0.15) is 0 Å². The molecule has 1 saturated heterocycles. The van der Waals surface area contributed by atoms with Gasteiger partial charge in [0.15, 0.2) is 23.0 Å². The maximum absolute atomic E-state index is 13.1. The van der Waals surface area contributed by atoms with Crippen LogP contribution in [0, 0.1) is 5.92 Å². The predicted molar refractivity (Wildman–Crippen MR) is 140 cm³/mol. The Bertz CT molecular complexity index is 1320. The fraction of sp³-hybridized carbons (Fsp3) is 0.407. The van der Waals surface area contributed by atoms with E-state index in [4.69, 9.17) is 28.2 Å². The molecule has 0 radical (unpaired) electrons. The molecule has 0 bridgehead atoms. The minimum atomic E-state index is -0.590. The summed E-state index contributed by atoms with van der Waals surface area (Å²) in [5.41, 5.74) is 1.24. The van der Waals surface area contributed by atoms with E-state index in [0.717, 1.165) is 5.56 Å². The van der Waals surface area contributed by atoms with Gasteiger partial charge in [0.2, 0.25) is 17.6 Å². The van der Waals surface area contributed by atoms with E-state index in [2.05, 4.69) is 20.4 Å². The Hall–Kier alpha value is -4.32. The van der Waals surface area contributed by atoms with E-state index in [9.17, 15) is 9.59 Å². The van der Waals surface area contributed by atoms with E-state index in [-0.39, 0.29) is 17.4 Å². The van der Waals surface area contributed by atoms with Crippen molar-refractivity contribution in [3.05, 3.63) is 41.8 Å². The third kappa shape index (κ3) is 6.23. The topological polar surface area (TPSA) is 134 Å². The van der Waals surface area contributed by atoms with Crippen LogP contribution in [0.5, 0.6) is 23.0 Å². The Labute approximate surface area is 226 Å². The highest BCUT2D eigenvalue weighted by Crippen LogP contribution is 2.35. The number of ether oxygens (including phenoxy) is 5. The Morgan fingerprint density at radius 2 is 1.56 bits per heavy atom. The molecule has 0 unspecified atom stereocenters. The van der Waals surface area contributed by atoms with Crippen LogP contribution in [-0.4, -0.2) is 75.6 Å². The van der Waals surface area contributed by atoms with Gasteiger partial charge in [-0.3, -0.25) is 9.69 Å². The van der Waals surface area contributed by atoms with Gasteiger partial charge in [0, 0.05) is 23.6 Å². The molecule has 1 fully saturated rings. The highest BCUT2D eigenvalue weighted by atomic mass is 16.5. The maximum Gasteiger partial charge on any atom is 0.340 e. The molecule has 1 amide bonds. The first-order valence-corrected chi connectivity index (χ1v) is 12.3. The first-order chi connectivity index (χ1) is 18.9. The van der Waals surface area contributed by atoms with Gasteiger partial charge in [-0.1, -0.05) is 5.16 Å². The van der Waals surface area contributed by atoms with E-state index in [0.29, 0.717) is 72.9 Å². The molecule has 0 aliphatic carbocycles. The molecule has 12 nitrogen and oxygen atoms in total. The third-order valence-electron chi connectivity index (χ3n) is 6.61. The zero-order valence-electron chi connectivity index (χ0n) is 22.6. The lowest BCUT2D eigenvalue weighted by molar-refractivity contribution is -0.121. The molecule has 0 saturated carbocycles. The van der Waals surface area contributed by atoms with Crippen LogP contribution < -0.4 is 24.3 Å². The standard InChI is InChI=1S/C27H32N4O8/c1-34-20-7-6-17(12-21(20)35-2)25-29-24(39-30-25)15-31-10-8-16(9-11-31)26(32)28-19-14-23(37-4)22(36-3)13-18(19)27(33)38-5/h6-7,12-14,16H,8-11,15H2,1-5H3,(H,28,32). The second kappa shape index (κ2) is 12.5. The summed E-state index contributed by atoms with van der Waals surface area (Å²) in [6.07, 6.45) is 1.26. The van der Waals surface area contributed by atoms with Crippen LogP contribution in [0.2, 0.25) is 0 Å². The molecule has 1 aliphatic heterocycles. The number of hydrogen-bond acceptors (Lipinski definition) is 11. The number of nitrogens with one attached hydrogen (secondary N) is 1. The van der Waals surface area contributed by atoms with Crippen molar-refractivity contribution in [1.82, 2.24) is 15.0 Å². The Kier molecular flexibility index (Phi) is 8.87. The molecule has 3 aromatic rings. The van der Waals surface area contributed by atoms with Crippen molar-refractivity contribution in [2.75, 3.05) is 54.0 Å². The number of benzene rings is 2. The van der Waals surface area contributed by atoms with Gasteiger partial charge in [-0.15, -0.1) is 0 Å². The number of carbonyl (C=O) groups excluding carboxylic acids is 2. The molecule has 4 rings (SSSR count). The highest BCUT2D eigenvalue weighted by molar-refractivity contribution is 6.02. The molecule has 0 atom stereocenters. The van der Waals surface area contributed by atoms with Crippen molar-refractivity contribution in [2.24, 2.45) is 5.92 Å². The van der Waals surface area contributed by atoms with Crippen LogP contribution in [0.4, 0.5) is 5.69 Å². The quantitative estimate of drug-likeness (QED) is 0.379. The van der Waals surface area contributed by atoms with E-state index in [1.54, 1.807) is 32.4 Å². The van der Waals surface area contributed by atoms with Crippen LogP contribution in [0.15, 0.2) is 34.9 Å². The molecule has 208 valence electrons. The fourth-order valence-electron chi connectivity index (χ4n) is 4.45. The highest BCUT2D eigenvalue weighted by Gasteiger charge is 2.28. The van der Waals surface area contributed by atoms with Crippen LogP contribution in [0.3, 0.4) is 0 Å². The maximum atomic E-state index is 13.1. The fourth-order valence-corrected chi connectivity index (χ4v) is 4.45. The summed E-state index contributed by atoms with van der Waals surface area (Å²) in [5.74, 6) is 1.88. The second-order valence-electron chi connectivity index (χ2n) is 8.87. The lowest BCUT2D eigenvalue weighted by atomic mass is 9.95. The summed E-state index contributed by atoms with van der Waals surface area (Å²) in [6, 6.07) is 8.47. The van der Waals surface area contributed by atoms with Gasteiger partial charge < -0.3 is 33.5 Å². The number of piperidine rings is 1. The predicted octanol–water partition coefficient (Wildman–Crippen LogP) is 3.41. The summed E-state index contributed by atoms with van der Waals surface area (Å²) in [7, 11) is 7.37. The third-order valence-corrected chi connectivity index (χ3v) is 6.61. The number of anilines is 1. The van der Waals surface area contributed by atoms with Gasteiger partial charge in [-0.2, -0.15) is 4.98 Å². The normalized spacial score (nSPS) is 14.0. The van der Waals surface area contributed by atoms with Gasteiger partial charge >= 0.3 is 5.97 Å². The average molecular weight is 541 g/mol. The smallest absolute Gasteiger partial charge is 0.340 e. The molecular weight excluding hydrogens is 508 g/mol. The summed E-state index contributed by atoms with van der Waals surface area (Å²) in [5, 5.41) is 6.97. The van der Waals surface area contributed by atoms with Gasteiger partial charge in [0.25, 0.3) is 0 Å².